The zero-order chi connectivity index (χ0) is 18.2. The van der Waals surface area contributed by atoms with Crippen molar-refractivity contribution in [2.45, 2.75) is 17.1 Å². The molecule has 0 unspecified atom stereocenters. The Balaban J connectivity index is 1.98. The number of halogens is 4. The molecular formula is C14H10F4N4O2S. The summed E-state index contributed by atoms with van der Waals surface area (Å²) < 4.78 is 80.4. The Kier molecular flexibility index (Phi) is 4.21. The van der Waals surface area contributed by atoms with Gasteiger partial charge in [-0.3, -0.25) is 0 Å². The van der Waals surface area contributed by atoms with Gasteiger partial charge in [-0.05, 0) is 23.8 Å². The number of benzene rings is 1. The fraction of sp³-hybridized carbons (Fsp3) is 0.143. The number of nitrogens with one attached hydrogen (secondary N) is 1. The van der Waals surface area contributed by atoms with Gasteiger partial charge in [0.05, 0.1) is 4.90 Å². The first-order valence-electron chi connectivity index (χ1n) is 6.81. The van der Waals surface area contributed by atoms with Crippen LogP contribution >= 0.6 is 0 Å². The first-order valence-corrected chi connectivity index (χ1v) is 8.29. The molecule has 0 fully saturated rings. The molecule has 6 nitrogen and oxygen atoms in total. The minimum Gasteiger partial charge on any atom is -0.221 e. The van der Waals surface area contributed by atoms with Gasteiger partial charge in [0.1, 0.15) is 18.2 Å². The largest absolute Gasteiger partial charge is 0.408 e. The van der Waals surface area contributed by atoms with Crippen LogP contribution in [-0.2, 0) is 10.0 Å². The van der Waals surface area contributed by atoms with Gasteiger partial charge in [0.15, 0.2) is 5.65 Å². The maximum absolute atomic E-state index is 13.3. The topological polar surface area (TPSA) is 76.4 Å². The molecule has 0 saturated carbocycles. The summed E-state index contributed by atoms with van der Waals surface area (Å²) in [5.74, 6) is -0.732. The van der Waals surface area contributed by atoms with E-state index in [1.807, 2.05) is 0 Å². The maximum atomic E-state index is 13.3. The normalized spacial score (nSPS) is 13.9. The standard InChI is InChI=1S/C14H10F4N4O2S/c15-10-3-1-9(2-4-10)13(14(16,17)18)21-25(23,24)11-5-6-22-12(7-11)19-8-20-22/h1-8,13,21H/t13-/m1/s1. The van der Waals surface area contributed by atoms with Crippen molar-refractivity contribution in [1.29, 1.82) is 0 Å². The number of alkyl halides is 3. The first-order chi connectivity index (χ1) is 11.7. The fourth-order valence-electron chi connectivity index (χ4n) is 2.17. The summed E-state index contributed by atoms with van der Waals surface area (Å²) in [5.41, 5.74) is -0.269. The second-order valence-corrected chi connectivity index (χ2v) is 6.79. The van der Waals surface area contributed by atoms with Crippen molar-refractivity contribution < 1.29 is 26.0 Å². The minimum atomic E-state index is -4.91. The van der Waals surface area contributed by atoms with Crippen LogP contribution < -0.4 is 4.72 Å². The zero-order valence-corrected chi connectivity index (χ0v) is 13.1. The van der Waals surface area contributed by atoms with E-state index in [2.05, 4.69) is 10.1 Å². The van der Waals surface area contributed by atoms with Gasteiger partial charge < -0.3 is 0 Å². The Morgan fingerprint density at radius 1 is 1.12 bits per heavy atom. The third-order valence-corrected chi connectivity index (χ3v) is 4.79. The lowest BCUT2D eigenvalue weighted by atomic mass is 10.1. The quantitative estimate of drug-likeness (QED) is 0.712. The molecule has 0 amide bonds. The molecule has 0 aliphatic rings. The van der Waals surface area contributed by atoms with E-state index in [0.29, 0.717) is 0 Å². The Labute approximate surface area is 139 Å². The average Bonchev–Trinajstić information content (AvgIpc) is 3.00. The van der Waals surface area contributed by atoms with Crippen molar-refractivity contribution in [1.82, 2.24) is 19.3 Å². The monoisotopic (exact) mass is 374 g/mol. The molecule has 1 N–H and O–H groups in total. The minimum absolute atomic E-state index is 0.160. The number of nitrogens with zero attached hydrogens (tertiary/aromatic N) is 3. The lowest BCUT2D eigenvalue weighted by molar-refractivity contribution is -0.153. The van der Waals surface area contributed by atoms with E-state index >= 15 is 0 Å². The lowest BCUT2D eigenvalue weighted by Crippen LogP contribution is -2.38. The van der Waals surface area contributed by atoms with Crippen LogP contribution in [0.4, 0.5) is 17.6 Å². The van der Waals surface area contributed by atoms with E-state index in [1.165, 1.54) is 17.0 Å². The van der Waals surface area contributed by atoms with Crippen LogP contribution in [0.15, 0.2) is 53.8 Å². The second-order valence-electron chi connectivity index (χ2n) is 5.07. The predicted octanol–water partition coefficient (Wildman–Crippen LogP) is 2.45. The fourth-order valence-corrected chi connectivity index (χ4v) is 3.38. The van der Waals surface area contributed by atoms with E-state index in [1.54, 1.807) is 4.72 Å². The molecule has 3 aromatic rings. The number of hydrogen-bond donors (Lipinski definition) is 1. The summed E-state index contributed by atoms with van der Waals surface area (Å²) >= 11 is 0. The molecule has 0 aliphatic carbocycles. The molecule has 2 aromatic heterocycles. The number of sulfonamides is 1. The second kappa shape index (κ2) is 6.08. The summed E-state index contributed by atoms with van der Waals surface area (Å²) in [4.78, 5) is 3.39. The van der Waals surface area contributed by atoms with Crippen LogP contribution in [0.1, 0.15) is 11.6 Å². The highest BCUT2D eigenvalue weighted by Gasteiger charge is 2.43. The van der Waals surface area contributed by atoms with Crippen LogP contribution in [0.25, 0.3) is 5.65 Å². The highest BCUT2D eigenvalue weighted by Crippen LogP contribution is 2.34. The molecule has 0 aliphatic heterocycles. The highest BCUT2D eigenvalue weighted by molar-refractivity contribution is 7.89. The molecule has 132 valence electrons. The van der Waals surface area contributed by atoms with E-state index < -0.39 is 38.5 Å². The molecule has 1 atom stereocenters. The molecule has 25 heavy (non-hydrogen) atoms. The number of aromatic nitrogens is 3. The van der Waals surface area contributed by atoms with Gasteiger partial charge in [-0.25, -0.2) is 22.3 Å². The molecule has 11 heteroatoms. The van der Waals surface area contributed by atoms with Crippen molar-refractivity contribution in [3.05, 3.63) is 60.3 Å². The van der Waals surface area contributed by atoms with Crippen molar-refractivity contribution in [3.63, 3.8) is 0 Å². The third-order valence-electron chi connectivity index (χ3n) is 3.37. The molecule has 3 rings (SSSR count). The van der Waals surface area contributed by atoms with Gasteiger partial charge in [-0.2, -0.15) is 23.0 Å². The summed E-state index contributed by atoms with van der Waals surface area (Å²) in [6, 6.07) is 3.06. The van der Waals surface area contributed by atoms with Gasteiger partial charge in [0.25, 0.3) is 0 Å². The van der Waals surface area contributed by atoms with E-state index in [9.17, 15) is 26.0 Å². The van der Waals surface area contributed by atoms with Gasteiger partial charge in [0.2, 0.25) is 10.0 Å². The lowest BCUT2D eigenvalue weighted by Gasteiger charge is -2.22. The Bertz CT molecular complexity index is 1000. The van der Waals surface area contributed by atoms with Gasteiger partial charge in [-0.15, -0.1) is 0 Å². The van der Waals surface area contributed by atoms with E-state index in [0.717, 1.165) is 36.4 Å². The predicted molar refractivity (Wildman–Crippen MR) is 78.5 cm³/mol. The summed E-state index contributed by atoms with van der Waals surface area (Å²) in [7, 11) is -4.52. The number of pyridine rings is 1. The van der Waals surface area contributed by atoms with Crippen LogP contribution in [0.2, 0.25) is 0 Å². The summed E-state index contributed by atoms with van der Waals surface area (Å²) in [6.07, 6.45) is -2.47. The van der Waals surface area contributed by atoms with Crippen LogP contribution in [0.5, 0.6) is 0 Å². The summed E-state index contributed by atoms with van der Waals surface area (Å²) in [5, 5.41) is 3.77. The van der Waals surface area contributed by atoms with Gasteiger partial charge in [-0.1, -0.05) is 12.1 Å². The average molecular weight is 374 g/mol. The van der Waals surface area contributed by atoms with Crippen molar-refractivity contribution in [2.75, 3.05) is 0 Å². The smallest absolute Gasteiger partial charge is 0.221 e. The number of fused-ring (bicyclic) bond motifs is 1. The van der Waals surface area contributed by atoms with Crippen LogP contribution in [0.3, 0.4) is 0 Å². The van der Waals surface area contributed by atoms with Crippen molar-refractivity contribution in [2.24, 2.45) is 0 Å². The van der Waals surface area contributed by atoms with E-state index in [4.69, 9.17) is 0 Å². The van der Waals surface area contributed by atoms with Crippen LogP contribution in [0, 0.1) is 5.82 Å². The molecular weight excluding hydrogens is 364 g/mol. The maximum Gasteiger partial charge on any atom is 0.408 e. The molecule has 1 aromatic carbocycles. The molecule has 0 bridgehead atoms. The Hall–Kier alpha value is -2.53. The summed E-state index contributed by atoms with van der Waals surface area (Å²) in [6.45, 7) is 0. The molecule has 0 radical (unpaired) electrons. The van der Waals surface area contributed by atoms with E-state index in [-0.39, 0.29) is 5.65 Å². The van der Waals surface area contributed by atoms with Gasteiger partial charge in [0, 0.05) is 12.3 Å². The third kappa shape index (κ3) is 3.61. The Morgan fingerprint density at radius 3 is 2.44 bits per heavy atom. The highest BCUT2D eigenvalue weighted by atomic mass is 32.2. The molecule has 2 heterocycles. The van der Waals surface area contributed by atoms with Crippen LogP contribution in [-0.4, -0.2) is 29.2 Å². The Morgan fingerprint density at radius 2 is 1.80 bits per heavy atom. The first kappa shape index (κ1) is 17.3. The number of hydrogen-bond acceptors (Lipinski definition) is 4. The van der Waals surface area contributed by atoms with Gasteiger partial charge >= 0.3 is 6.18 Å². The van der Waals surface area contributed by atoms with Crippen molar-refractivity contribution in [3.8, 4) is 0 Å². The molecule has 0 spiro atoms. The zero-order valence-electron chi connectivity index (χ0n) is 12.3. The SMILES string of the molecule is O=S(=O)(N[C@H](c1ccc(F)cc1)C(F)(F)F)c1ccn2ncnc2c1. The molecule has 0 saturated heterocycles. The number of rotatable bonds is 4. The van der Waals surface area contributed by atoms with Crippen molar-refractivity contribution >= 4 is 15.7 Å².